The maximum atomic E-state index is 12.1. The monoisotopic (exact) mass is 206 g/mol. The third-order valence-corrected chi connectivity index (χ3v) is 2.65. The summed E-state index contributed by atoms with van der Waals surface area (Å²) in [6.07, 6.45) is -0.846. The smallest absolute Gasteiger partial charge is 0.251 e. The van der Waals surface area contributed by atoms with Gasteiger partial charge in [-0.05, 0) is 6.42 Å². The van der Waals surface area contributed by atoms with Gasteiger partial charge in [-0.2, -0.15) is 0 Å². The minimum Gasteiger partial charge on any atom is -0.411 e. The fourth-order valence-corrected chi connectivity index (χ4v) is 1.84. The summed E-state index contributed by atoms with van der Waals surface area (Å²) in [7, 11) is 0. The minimum absolute atomic E-state index is 0.132. The Morgan fingerprint density at radius 1 is 1.64 bits per heavy atom. The van der Waals surface area contributed by atoms with E-state index in [4.69, 9.17) is 5.21 Å². The highest BCUT2D eigenvalue weighted by molar-refractivity contribution is 5.87. The van der Waals surface area contributed by atoms with Gasteiger partial charge in [0.25, 0.3) is 6.43 Å². The van der Waals surface area contributed by atoms with Crippen molar-refractivity contribution in [3.63, 3.8) is 0 Å². The number of rotatable bonds is 3. The summed E-state index contributed by atoms with van der Waals surface area (Å²) in [5.74, 6) is 0.132. The molecule has 0 aromatic carbocycles. The van der Waals surface area contributed by atoms with Crippen LogP contribution in [0.25, 0.3) is 0 Å². The highest BCUT2D eigenvalue weighted by Gasteiger charge is 2.25. The van der Waals surface area contributed by atoms with Gasteiger partial charge in [0, 0.05) is 25.4 Å². The van der Waals surface area contributed by atoms with Gasteiger partial charge in [-0.25, -0.2) is 8.78 Å². The van der Waals surface area contributed by atoms with Crippen LogP contribution in [0.1, 0.15) is 19.8 Å². The van der Waals surface area contributed by atoms with Crippen LogP contribution < -0.4 is 0 Å². The lowest BCUT2D eigenvalue weighted by molar-refractivity contribution is 0.0802. The molecule has 1 saturated heterocycles. The van der Waals surface area contributed by atoms with Crippen molar-refractivity contribution in [3.8, 4) is 0 Å². The molecule has 1 atom stereocenters. The zero-order chi connectivity index (χ0) is 10.6. The first-order chi connectivity index (χ1) is 6.67. The third kappa shape index (κ3) is 2.90. The summed E-state index contributed by atoms with van der Waals surface area (Å²) in [5.41, 5.74) is 0.748. The molecule has 14 heavy (non-hydrogen) atoms. The summed E-state index contributed by atoms with van der Waals surface area (Å²) in [5, 5.41) is 11.9. The molecule has 1 aliphatic heterocycles. The molecule has 1 unspecified atom stereocenters. The number of hydrogen-bond donors (Lipinski definition) is 1. The van der Waals surface area contributed by atoms with Crippen molar-refractivity contribution in [2.75, 3.05) is 19.6 Å². The number of hydrogen-bond acceptors (Lipinski definition) is 3. The van der Waals surface area contributed by atoms with Gasteiger partial charge in [0.05, 0.1) is 12.3 Å². The first-order valence-electron chi connectivity index (χ1n) is 4.88. The van der Waals surface area contributed by atoms with Gasteiger partial charge >= 0.3 is 0 Å². The predicted octanol–water partition coefficient (Wildman–Crippen LogP) is 1.81. The van der Waals surface area contributed by atoms with E-state index in [1.165, 1.54) is 0 Å². The van der Waals surface area contributed by atoms with E-state index in [0.717, 1.165) is 12.1 Å². The Morgan fingerprint density at radius 2 is 2.36 bits per heavy atom. The van der Waals surface area contributed by atoms with Crippen molar-refractivity contribution in [1.82, 2.24) is 4.90 Å². The van der Waals surface area contributed by atoms with Crippen LogP contribution in [0.2, 0.25) is 0 Å². The quantitative estimate of drug-likeness (QED) is 0.564. The van der Waals surface area contributed by atoms with Gasteiger partial charge in [-0.3, -0.25) is 4.90 Å². The summed E-state index contributed by atoms with van der Waals surface area (Å²) < 4.78 is 24.2. The van der Waals surface area contributed by atoms with Crippen molar-refractivity contribution in [3.05, 3.63) is 0 Å². The van der Waals surface area contributed by atoms with Gasteiger partial charge in [0.2, 0.25) is 0 Å². The Hall–Kier alpha value is -0.710. The van der Waals surface area contributed by atoms with Crippen LogP contribution in [0.5, 0.6) is 0 Å². The Morgan fingerprint density at radius 3 is 2.86 bits per heavy atom. The molecule has 0 amide bonds. The van der Waals surface area contributed by atoms with Crippen LogP contribution in [-0.4, -0.2) is 41.9 Å². The first kappa shape index (κ1) is 11.4. The van der Waals surface area contributed by atoms with Crippen LogP contribution in [-0.2, 0) is 0 Å². The van der Waals surface area contributed by atoms with Crippen LogP contribution >= 0.6 is 0 Å². The second kappa shape index (κ2) is 5.24. The lowest BCUT2D eigenvalue weighted by Gasteiger charge is -2.32. The number of halogens is 2. The van der Waals surface area contributed by atoms with E-state index in [-0.39, 0.29) is 12.5 Å². The van der Waals surface area contributed by atoms with Crippen molar-refractivity contribution >= 4 is 5.71 Å². The predicted molar refractivity (Wildman–Crippen MR) is 50.1 cm³/mol. The lowest BCUT2D eigenvalue weighted by Crippen LogP contribution is -2.42. The molecule has 3 nitrogen and oxygen atoms in total. The molecule has 0 aromatic rings. The van der Waals surface area contributed by atoms with Crippen LogP contribution in [0.4, 0.5) is 8.78 Å². The molecular formula is C9H16F2N2O. The third-order valence-electron chi connectivity index (χ3n) is 2.65. The second-order valence-corrected chi connectivity index (χ2v) is 3.60. The van der Waals surface area contributed by atoms with E-state index in [1.807, 2.05) is 6.92 Å². The summed E-state index contributed by atoms with van der Waals surface area (Å²) >= 11 is 0. The molecule has 1 rings (SSSR count). The molecule has 82 valence electrons. The standard InChI is InChI=1S/C9H16F2N2O/c1-2-7-5-13(6-9(10)11)4-3-8(7)12-14/h7,9,14H,2-6H2,1H3. The molecule has 1 aliphatic rings. The molecule has 1 heterocycles. The fourth-order valence-electron chi connectivity index (χ4n) is 1.84. The van der Waals surface area contributed by atoms with Crippen molar-refractivity contribution < 1.29 is 14.0 Å². The van der Waals surface area contributed by atoms with E-state index in [1.54, 1.807) is 4.90 Å². The Kier molecular flexibility index (Phi) is 4.25. The van der Waals surface area contributed by atoms with Gasteiger partial charge in [-0.1, -0.05) is 12.1 Å². The van der Waals surface area contributed by atoms with E-state index in [2.05, 4.69) is 5.16 Å². The van der Waals surface area contributed by atoms with Gasteiger partial charge in [0.15, 0.2) is 0 Å². The summed E-state index contributed by atoms with van der Waals surface area (Å²) in [6, 6.07) is 0. The second-order valence-electron chi connectivity index (χ2n) is 3.60. The minimum atomic E-state index is -2.28. The van der Waals surface area contributed by atoms with Crippen LogP contribution in [0.15, 0.2) is 5.16 Å². The average molecular weight is 206 g/mol. The van der Waals surface area contributed by atoms with E-state index >= 15 is 0 Å². The first-order valence-corrected chi connectivity index (χ1v) is 4.88. The molecule has 0 spiro atoms. The van der Waals surface area contributed by atoms with Gasteiger partial charge < -0.3 is 5.21 Å². The van der Waals surface area contributed by atoms with Gasteiger partial charge in [0.1, 0.15) is 0 Å². The number of nitrogens with zero attached hydrogens (tertiary/aromatic N) is 2. The Labute approximate surface area is 82.4 Å². The molecule has 0 saturated carbocycles. The van der Waals surface area contributed by atoms with E-state index in [9.17, 15) is 8.78 Å². The van der Waals surface area contributed by atoms with Crippen LogP contribution in [0, 0.1) is 5.92 Å². The molecule has 0 aromatic heterocycles. The zero-order valence-electron chi connectivity index (χ0n) is 8.29. The van der Waals surface area contributed by atoms with E-state index < -0.39 is 6.43 Å². The topological polar surface area (TPSA) is 35.8 Å². The van der Waals surface area contributed by atoms with Crippen molar-refractivity contribution in [2.45, 2.75) is 26.2 Å². The largest absolute Gasteiger partial charge is 0.411 e. The highest BCUT2D eigenvalue weighted by atomic mass is 19.3. The Balaban J connectivity index is 2.48. The molecule has 0 bridgehead atoms. The number of piperidine rings is 1. The normalized spacial score (nSPS) is 27.4. The van der Waals surface area contributed by atoms with Crippen molar-refractivity contribution in [2.24, 2.45) is 11.1 Å². The number of likely N-dealkylation sites (tertiary alicyclic amines) is 1. The molecule has 0 aliphatic carbocycles. The zero-order valence-corrected chi connectivity index (χ0v) is 8.29. The summed E-state index contributed by atoms with van der Waals surface area (Å²) in [6.45, 7) is 2.96. The average Bonchev–Trinajstić information content (AvgIpc) is 2.16. The fraction of sp³-hybridized carbons (Fsp3) is 0.889. The van der Waals surface area contributed by atoms with E-state index in [0.29, 0.717) is 19.5 Å². The summed E-state index contributed by atoms with van der Waals surface area (Å²) in [4.78, 5) is 1.73. The lowest BCUT2D eigenvalue weighted by atomic mass is 9.93. The number of alkyl halides is 2. The SMILES string of the molecule is CCC1CN(CC(F)F)CCC1=NO. The Bertz CT molecular complexity index is 209. The van der Waals surface area contributed by atoms with Crippen molar-refractivity contribution in [1.29, 1.82) is 0 Å². The molecule has 0 radical (unpaired) electrons. The number of oxime groups is 1. The molecule has 1 N–H and O–H groups in total. The highest BCUT2D eigenvalue weighted by Crippen LogP contribution is 2.17. The maximum absolute atomic E-state index is 12.1. The van der Waals surface area contributed by atoms with Gasteiger partial charge in [-0.15, -0.1) is 0 Å². The molecular weight excluding hydrogens is 190 g/mol. The van der Waals surface area contributed by atoms with Crippen LogP contribution in [0.3, 0.4) is 0 Å². The maximum Gasteiger partial charge on any atom is 0.251 e. The molecule has 1 fully saturated rings. The molecule has 5 heteroatoms.